The first-order valence-electron chi connectivity index (χ1n) is 4.18. The van der Waals surface area contributed by atoms with Crippen LogP contribution in [-0.4, -0.2) is 10.1 Å². The lowest BCUT2D eigenvalue weighted by Gasteiger charge is -2.11. The van der Waals surface area contributed by atoms with Crippen molar-refractivity contribution in [1.29, 1.82) is 0 Å². The predicted octanol–water partition coefficient (Wildman–Crippen LogP) is 1.28. The van der Waals surface area contributed by atoms with E-state index in [0.717, 1.165) is 0 Å². The van der Waals surface area contributed by atoms with Crippen molar-refractivity contribution in [2.45, 2.75) is 26.5 Å². The Balaban J connectivity index is 3.28. The summed E-state index contributed by atoms with van der Waals surface area (Å²) in [5.74, 6) is 0. The number of pyridine rings is 1. The predicted molar refractivity (Wildman–Crippen MR) is 47.7 cm³/mol. The zero-order valence-corrected chi connectivity index (χ0v) is 7.80. The summed E-state index contributed by atoms with van der Waals surface area (Å²) in [6.45, 7) is 1.45. The first-order valence-corrected chi connectivity index (χ1v) is 4.18. The molecule has 0 radical (unpaired) electrons. The Hall–Kier alpha value is -1.07. The number of aliphatic hydroxyl groups excluding tert-OH is 1. The lowest BCUT2D eigenvalue weighted by molar-refractivity contribution is 0.141. The Labute approximate surface area is 80.6 Å². The maximum absolute atomic E-state index is 12.4. The van der Waals surface area contributed by atoms with Crippen LogP contribution in [0.4, 0.5) is 8.78 Å². The minimum Gasteiger partial charge on any atom is -0.392 e. The van der Waals surface area contributed by atoms with Gasteiger partial charge in [0.15, 0.2) is 0 Å². The molecule has 0 spiro atoms. The number of hydrogen-bond donors (Lipinski definition) is 2. The highest BCUT2D eigenvalue weighted by Gasteiger charge is 2.17. The van der Waals surface area contributed by atoms with Gasteiger partial charge in [0, 0.05) is 18.3 Å². The van der Waals surface area contributed by atoms with Crippen LogP contribution in [0, 0.1) is 6.92 Å². The Morgan fingerprint density at radius 3 is 2.64 bits per heavy atom. The van der Waals surface area contributed by atoms with Crippen molar-refractivity contribution in [1.82, 2.24) is 4.98 Å². The van der Waals surface area contributed by atoms with Gasteiger partial charge in [-0.2, -0.15) is 0 Å². The summed E-state index contributed by atoms with van der Waals surface area (Å²) in [5, 5.41) is 8.95. The largest absolute Gasteiger partial charge is 0.392 e. The molecule has 1 aromatic heterocycles. The quantitative estimate of drug-likeness (QED) is 0.776. The summed E-state index contributed by atoms with van der Waals surface area (Å²) in [6, 6.07) is 0. The molecule has 0 atom stereocenters. The number of aliphatic hydroxyl groups is 1. The SMILES string of the molecule is Cc1c(CN)cnc(C(F)F)c1CO. The fourth-order valence-electron chi connectivity index (χ4n) is 1.30. The highest BCUT2D eigenvalue weighted by Crippen LogP contribution is 2.24. The molecule has 0 aliphatic carbocycles. The highest BCUT2D eigenvalue weighted by atomic mass is 19.3. The van der Waals surface area contributed by atoms with Gasteiger partial charge in [0.1, 0.15) is 5.69 Å². The van der Waals surface area contributed by atoms with E-state index in [2.05, 4.69) is 4.98 Å². The minimum atomic E-state index is -2.66. The Bertz CT molecular complexity index is 329. The molecule has 14 heavy (non-hydrogen) atoms. The Kier molecular flexibility index (Phi) is 3.49. The van der Waals surface area contributed by atoms with Crippen LogP contribution >= 0.6 is 0 Å². The standard InChI is InChI=1S/C9H12F2N2O/c1-5-6(2-12)3-13-8(9(10)11)7(5)4-14/h3,9,14H,2,4,12H2,1H3. The van der Waals surface area contributed by atoms with E-state index in [0.29, 0.717) is 11.1 Å². The number of nitrogens with zero attached hydrogens (tertiary/aromatic N) is 1. The molecule has 0 aliphatic rings. The maximum atomic E-state index is 12.4. The van der Waals surface area contributed by atoms with Crippen LogP contribution in [0.3, 0.4) is 0 Å². The molecule has 1 heterocycles. The van der Waals surface area contributed by atoms with Crippen LogP contribution in [0.2, 0.25) is 0 Å². The molecule has 3 N–H and O–H groups in total. The Morgan fingerprint density at radius 1 is 1.57 bits per heavy atom. The molecule has 78 valence electrons. The third kappa shape index (κ3) is 1.88. The number of nitrogens with two attached hydrogens (primary N) is 1. The maximum Gasteiger partial charge on any atom is 0.280 e. The summed E-state index contributed by atoms with van der Waals surface area (Å²) in [4.78, 5) is 3.59. The smallest absolute Gasteiger partial charge is 0.280 e. The van der Waals surface area contributed by atoms with Crippen LogP contribution in [-0.2, 0) is 13.2 Å². The van der Waals surface area contributed by atoms with Crippen LogP contribution in [0.1, 0.15) is 28.8 Å². The van der Waals surface area contributed by atoms with Crippen LogP contribution in [0.5, 0.6) is 0 Å². The molecule has 0 amide bonds. The van der Waals surface area contributed by atoms with E-state index < -0.39 is 13.0 Å². The monoisotopic (exact) mass is 202 g/mol. The molecule has 0 aliphatic heterocycles. The second kappa shape index (κ2) is 4.43. The molecule has 0 saturated heterocycles. The normalized spacial score (nSPS) is 11.0. The third-order valence-electron chi connectivity index (χ3n) is 2.19. The van der Waals surface area contributed by atoms with Gasteiger partial charge in [-0.1, -0.05) is 0 Å². The molecule has 0 unspecified atom stereocenters. The zero-order chi connectivity index (χ0) is 10.7. The fraction of sp³-hybridized carbons (Fsp3) is 0.444. The molecule has 0 bridgehead atoms. The molecule has 3 nitrogen and oxygen atoms in total. The minimum absolute atomic E-state index is 0.183. The zero-order valence-electron chi connectivity index (χ0n) is 7.80. The molecule has 1 rings (SSSR count). The van der Waals surface area contributed by atoms with E-state index in [-0.39, 0.29) is 17.8 Å². The molecule has 5 heteroatoms. The molecule has 1 aromatic rings. The van der Waals surface area contributed by atoms with Crippen molar-refractivity contribution in [3.63, 3.8) is 0 Å². The molecule has 0 saturated carbocycles. The summed E-state index contributed by atoms with van der Waals surface area (Å²) in [7, 11) is 0. The van der Waals surface area contributed by atoms with Crippen LogP contribution < -0.4 is 5.73 Å². The highest BCUT2D eigenvalue weighted by molar-refractivity contribution is 5.35. The number of rotatable bonds is 3. The van der Waals surface area contributed by atoms with Crippen molar-refractivity contribution < 1.29 is 13.9 Å². The first kappa shape index (κ1) is 11.0. The van der Waals surface area contributed by atoms with Crippen molar-refractivity contribution in [2.24, 2.45) is 5.73 Å². The number of alkyl halides is 2. The molecular weight excluding hydrogens is 190 g/mol. The van der Waals surface area contributed by atoms with Gasteiger partial charge in [0.05, 0.1) is 6.61 Å². The van der Waals surface area contributed by atoms with Gasteiger partial charge in [0.2, 0.25) is 0 Å². The van der Waals surface area contributed by atoms with E-state index >= 15 is 0 Å². The Morgan fingerprint density at radius 2 is 2.21 bits per heavy atom. The lowest BCUT2D eigenvalue weighted by atomic mass is 10.0. The van der Waals surface area contributed by atoms with E-state index in [1.165, 1.54) is 6.20 Å². The van der Waals surface area contributed by atoms with E-state index in [1.54, 1.807) is 6.92 Å². The van der Waals surface area contributed by atoms with Crippen molar-refractivity contribution in [2.75, 3.05) is 0 Å². The van der Waals surface area contributed by atoms with E-state index in [9.17, 15) is 8.78 Å². The van der Waals surface area contributed by atoms with Crippen LogP contribution in [0.15, 0.2) is 6.20 Å². The molecular formula is C9H12F2N2O. The second-order valence-corrected chi connectivity index (χ2v) is 2.94. The fourth-order valence-corrected chi connectivity index (χ4v) is 1.30. The average Bonchev–Trinajstić information content (AvgIpc) is 2.17. The van der Waals surface area contributed by atoms with Crippen molar-refractivity contribution in [3.05, 3.63) is 28.6 Å². The van der Waals surface area contributed by atoms with Gasteiger partial charge < -0.3 is 10.8 Å². The van der Waals surface area contributed by atoms with Crippen molar-refractivity contribution >= 4 is 0 Å². The average molecular weight is 202 g/mol. The number of aromatic nitrogens is 1. The molecule has 0 fully saturated rings. The van der Waals surface area contributed by atoms with Crippen LogP contribution in [0.25, 0.3) is 0 Å². The molecule has 0 aromatic carbocycles. The van der Waals surface area contributed by atoms with E-state index in [4.69, 9.17) is 10.8 Å². The number of halogens is 2. The van der Waals surface area contributed by atoms with Gasteiger partial charge in [-0.05, 0) is 18.1 Å². The summed E-state index contributed by atoms with van der Waals surface area (Å²) < 4.78 is 24.9. The van der Waals surface area contributed by atoms with Gasteiger partial charge in [-0.3, -0.25) is 4.98 Å². The second-order valence-electron chi connectivity index (χ2n) is 2.94. The van der Waals surface area contributed by atoms with Gasteiger partial charge in [-0.15, -0.1) is 0 Å². The topological polar surface area (TPSA) is 59.1 Å². The number of hydrogen-bond acceptors (Lipinski definition) is 3. The summed E-state index contributed by atoms with van der Waals surface area (Å²) >= 11 is 0. The summed E-state index contributed by atoms with van der Waals surface area (Å²) in [5.41, 5.74) is 6.49. The van der Waals surface area contributed by atoms with E-state index in [1.807, 2.05) is 0 Å². The van der Waals surface area contributed by atoms with Gasteiger partial charge in [0.25, 0.3) is 6.43 Å². The van der Waals surface area contributed by atoms with Crippen molar-refractivity contribution in [3.8, 4) is 0 Å². The lowest BCUT2D eigenvalue weighted by Crippen LogP contribution is -2.08. The summed E-state index contributed by atoms with van der Waals surface area (Å²) in [6.07, 6.45) is -1.33. The van der Waals surface area contributed by atoms with Gasteiger partial charge in [-0.25, -0.2) is 8.78 Å². The third-order valence-corrected chi connectivity index (χ3v) is 2.19. The van der Waals surface area contributed by atoms with Gasteiger partial charge >= 0.3 is 0 Å². The first-order chi connectivity index (χ1) is 6.61.